The van der Waals surface area contributed by atoms with Gasteiger partial charge >= 0.3 is 11.9 Å². The molecular formula is C15H20O4. The topological polar surface area (TPSA) is 63.6 Å². The van der Waals surface area contributed by atoms with Gasteiger partial charge < -0.3 is 9.84 Å². The zero-order chi connectivity index (χ0) is 13.8. The van der Waals surface area contributed by atoms with Gasteiger partial charge in [0.1, 0.15) is 0 Å². The van der Waals surface area contributed by atoms with Crippen molar-refractivity contribution in [2.75, 3.05) is 6.61 Å². The monoisotopic (exact) mass is 264 g/mol. The van der Waals surface area contributed by atoms with Crippen molar-refractivity contribution in [1.29, 1.82) is 0 Å². The van der Waals surface area contributed by atoms with E-state index in [4.69, 9.17) is 4.74 Å². The summed E-state index contributed by atoms with van der Waals surface area (Å²) in [5, 5.41) is 9.56. The number of allylic oxidation sites excluding steroid dienone is 2. The Hall–Kier alpha value is -1.32. The fourth-order valence-electron chi connectivity index (χ4n) is 4.27. The van der Waals surface area contributed by atoms with Crippen LogP contribution >= 0.6 is 0 Å². The van der Waals surface area contributed by atoms with Gasteiger partial charge in [-0.2, -0.15) is 0 Å². The van der Waals surface area contributed by atoms with Crippen molar-refractivity contribution < 1.29 is 19.4 Å². The number of hydrogen-bond donors (Lipinski definition) is 1. The Kier molecular flexibility index (Phi) is 2.73. The zero-order valence-electron chi connectivity index (χ0n) is 11.3. The summed E-state index contributed by atoms with van der Waals surface area (Å²) in [5.74, 6) is -1.50. The van der Waals surface area contributed by atoms with Crippen LogP contribution in [0, 0.1) is 35.0 Å². The minimum absolute atomic E-state index is 0.0803. The molecule has 1 aliphatic heterocycles. The molecule has 104 valence electrons. The Morgan fingerprint density at radius 1 is 1.32 bits per heavy atom. The molecule has 0 radical (unpaired) electrons. The summed E-state index contributed by atoms with van der Waals surface area (Å²) >= 11 is 0. The van der Waals surface area contributed by atoms with E-state index in [-0.39, 0.29) is 35.1 Å². The molecule has 1 saturated carbocycles. The van der Waals surface area contributed by atoms with Crippen LogP contribution in [0.1, 0.15) is 26.7 Å². The molecule has 0 aromatic carbocycles. The summed E-state index contributed by atoms with van der Waals surface area (Å²) in [6.45, 7) is 4.42. The largest absolute Gasteiger partial charge is 0.481 e. The molecule has 19 heavy (non-hydrogen) atoms. The van der Waals surface area contributed by atoms with Crippen molar-refractivity contribution in [3.63, 3.8) is 0 Å². The molecule has 3 unspecified atom stereocenters. The maximum Gasteiger partial charge on any atom is 0.309 e. The first-order chi connectivity index (χ1) is 8.92. The first-order valence-corrected chi connectivity index (χ1v) is 6.99. The van der Waals surface area contributed by atoms with E-state index in [0.29, 0.717) is 6.61 Å². The highest BCUT2D eigenvalue weighted by atomic mass is 16.5. The van der Waals surface area contributed by atoms with Crippen LogP contribution in [0.25, 0.3) is 0 Å². The second-order valence-electron chi connectivity index (χ2n) is 6.81. The molecule has 5 atom stereocenters. The minimum Gasteiger partial charge on any atom is -0.481 e. The molecule has 0 aromatic heterocycles. The number of cyclic esters (lactones) is 1. The highest BCUT2D eigenvalue weighted by molar-refractivity contribution is 5.79. The van der Waals surface area contributed by atoms with Crippen LogP contribution in [-0.4, -0.2) is 23.7 Å². The number of fused-ring (bicyclic) bond motifs is 2. The van der Waals surface area contributed by atoms with Crippen LogP contribution in [0.15, 0.2) is 12.2 Å². The molecule has 1 heterocycles. The first-order valence-electron chi connectivity index (χ1n) is 6.99. The molecule has 0 spiro atoms. The van der Waals surface area contributed by atoms with Gasteiger partial charge in [0.2, 0.25) is 0 Å². The van der Waals surface area contributed by atoms with E-state index in [9.17, 15) is 14.7 Å². The number of esters is 1. The van der Waals surface area contributed by atoms with Crippen LogP contribution in [0.4, 0.5) is 0 Å². The van der Waals surface area contributed by atoms with Crippen molar-refractivity contribution >= 4 is 11.9 Å². The normalized spacial score (nSPS) is 43.3. The van der Waals surface area contributed by atoms with Crippen molar-refractivity contribution in [2.24, 2.45) is 35.0 Å². The fourth-order valence-corrected chi connectivity index (χ4v) is 4.27. The number of hydrogen-bond acceptors (Lipinski definition) is 3. The summed E-state index contributed by atoms with van der Waals surface area (Å²) < 4.78 is 5.21. The van der Waals surface area contributed by atoms with Crippen molar-refractivity contribution in [3.8, 4) is 0 Å². The lowest BCUT2D eigenvalue weighted by molar-refractivity contribution is -0.154. The SMILES string of the molecule is CC1(C)COC(=O)C1[C@@H]1C2C=CC(CC2)[C@@H]1C(=O)O. The average Bonchev–Trinajstić information content (AvgIpc) is 2.63. The molecule has 2 bridgehead atoms. The molecule has 4 rings (SSSR count). The van der Waals surface area contributed by atoms with E-state index in [1.165, 1.54) is 0 Å². The number of carbonyl (C=O) groups is 2. The summed E-state index contributed by atoms with van der Waals surface area (Å²) in [6.07, 6.45) is 6.09. The second-order valence-corrected chi connectivity index (χ2v) is 6.81. The highest BCUT2D eigenvalue weighted by Gasteiger charge is 2.57. The molecule has 4 aliphatic rings. The summed E-state index contributed by atoms with van der Waals surface area (Å²) in [5.41, 5.74) is -0.263. The summed E-state index contributed by atoms with van der Waals surface area (Å²) in [7, 11) is 0. The quantitative estimate of drug-likeness (QED) is 0.613. The molecule has 3 aliphatic carbocycles. The van der Waals surface area contributed by atoms with Crippen LogP contribution in [-0.2, 0) is 14.3 Å². The fraction of sp³-hybridized carbons (Fsp3) is 0.733. The van der Waals surface area contributed by atoms with Gasteiger partial charge in [-0.1, -0.05) is 26.0 Å². The van der Waals surface area contributed by atoms with Gasteiger partial charge in [0.05, 0.1) is 18.4 Å². The van der Waals surface area contributed by atoms with Gasteiger partial charge in [0, 0.05) is 5.41 Å². The number of ether oxygens (including phenoxy) is 1. The summed E-state index contributed by atoms with van der Waals surface area (Å²) in [6, 6.07) is 0. The Balaban J connectivity index is 2.00. The number of aliphatic carboxylic acids is 1. The highest BCUT2D eigenvalue weighted by Crippen LogP contribution is 2.53. The van der Waals surface area contributed by atoms with E-state index in [2.05, 4.69) is 6.08 Å². The lowest BCUT2D eigenvalue weighted by Gasteiger charge is -2.47. The number of rotatable bonds is 2. The van der Waals surface area contributed by atoms with E-state index >= 15 is 0 Å². The summed E-state index contributed by atoms with van der Waals surface area (Å²) in [4.78, 5) is 23.7. The number of carboxylic acid groups (broad SMARTS) is 1. The zero-order valence-corrected chi connectivity index (χ0v) is 11.3. The Morgan fingerprint density at radius 2 is 1.95 bits per heavy atom. The maximum absolute atomic E-state index is 12.1. The predicted molar refractivity (Wildman–Crippen MR) is 68.2 cm³/mol. The van der Waals surface area contributed by atoms with Crippen molar-refractivity contribution in [3.05, 3.63) is 12.2 Å². The standard InChI is InChI=1S/C15H20O4/c1-15(2)7-19-14(18)12(15)10-8-3-5-9(6-4-8)11(10)13(16)17/h3,5,8-12H,4,6-7H2,1-2H3,(H,16,17)/t8?,9?,10-,11+,12?/m1/s1. The van der Waals surface area contributed by atoms with Crippen LogP contribution in [0.3, 0.4) is 0 Å². The molecule has 1 saturated heterocycles. The number of carbonyl (C=O) groups excluding carboxylic acids is 1. The van der Waals surface area contributed by atoms with Gasteiger partial charge in [-0.15, -0.1) is 0 Å². The Bertz CT molecular complexity index is 451. The van der Waals surface area contributed by atoms with E-state index < -0.39 is 11.9 Å². The van der Waals surface area contributed by atoms with Gasteiger partial charge in [-0.05, 0) is 30.6 Å². The van der Waals surface area contributed by atoms with E-state index in [0.717, 1.165) is 12.8 Å². The van der Waals surface area contributed by atoms with Crippen molar-refractivity contribution in [1.82, 2.24) is 0 Å². The number of carboxylic acids is 1. The molecule has 0 amide bonds. The van der Waals surface area contributed by atoms with Crippen LogP contribution in [0.2, 0.25) is 0 Å². The van der Waals surface area contributed by atoms with Gasteiger partial charge in [0.25, 0.3) is 0 Å². The molecule has 4 heteroatoms. The molecule has 1 N–H and O–H groups in total. The van der Waals surface area contributed by atoms with E-state index in [1.54, 1.807) is 0 Å². The third kappa shape index (κ3) is 1.80. The van der Waals surface area contributed by atoms with Crippen molar-refractivity contribution in [2.45, 2.75) is 26.7 Å². The van der Waals surface area contributed by atoms with Gasteiger partial charge in [0.15, 0.2) is 0 Å². The average molecular weight is 264 g/mol. The van der Waals surface area contributed by atoms with E-state index in [1.807, 2.05) is 19.9 Å². The molecule has 4 nitrogen and oxygen atoms in total. The lowest BCUT2D eigenvalue weighted by Crippen LogP contribution is -2.49. The lowest BCUT2D eigenvalue weighted by atomic mass is 9.55. The maximum atomic E-state index is 12.1. The predicted octanol–water partition coefficient (Wildman–Crippen LogP) is 2.10. The minimum atomic E-state index is -0.764. The Morgan fingerprint density at radius 3 is 2.42 bits per heavy atom. The van der Waals surface area contributed by atoms with Gasteiger partial charge in [-0.3, -0.25) is 9.59 Å². The molecule has 2 fully saturated rings. The smallest absolute Gasteiger partial charge is 0.309 e. The Labute approximate surface area is 112 Å². The second kappa shape index (κ2) is 4.09. The molecular weight excluding hydrogens is 244 g/mol. The van der Waals surface area contributed by atoms with Crippen LogP contribution in [0.5, 0.6) is 0 Å². The van der Waals surface area contributed by atoms with Gasteiger partial charge in [-0.25, -0.2) is 0 Å². The van der Waals surface area contributed by atoms with Crippen LogP contribution < -0.4 is 0 Å². The third-order valence-electron chi connectivity index (χ3n) is 5.16. The third-order valence-corrected chi connectivity index (χ3v) is 5.16. The first kappa shape index (κ1) is 12.7. The molecule has 0 aromatic rings.